The SMILES string of the molecule is COc1ccc(-n2ncc3cc(C)c(C)cc32)cn1. The molecular weight excluding hydrogens is 238 g/mol. The highest BCUT2D eigenvalue weighted by Gasteiger charge is 2.07. The lowest BCUT2D eigenvalue weighted by atomic mass is 10.1. The van der Waals surface area contributed by atoms with Gasteiger partial charge < -0.3 is 4.74 Å². The van der Waals surface area contributed by atoms with Crippen LogP contribution in [0.2, 0.25) is 0 Å². The summed E-state index contributed by atoms with van der Waals surface area (Å²) >= 11 is 0. The van der Waals surface area contributed by atoms with Crippen LogP contribution in [0.1, 0.15) is 11.1 Å². The number of pyridine rings is 1. The van der Waals surface area contributed by atoms with E-state index in [0.29, 0.717) is 5.88 Å². The van der Waals surface area contributed by atoms with Gasteiger partial charge in [-0.05, 0) is 43.2 Å². The molecule has 96 valence electrons. The number of aryl methyl sites for hydroxylation is 2. The fraction of sp³-hybridized carbons (Fsp3) is 0.200. The van der Waals surface area contributed by atoms with Gasteiger partial charge in [-0.25, -0.2) is 9.67 Å². The lowest BCUT2D eigenvalue weighted by molar-refractivity contribution is 0.397. The van der Waals surface area contributed by atoms with Crippen molar-refractivity contribution in [3.8, 4) is 11.6 Å². The molecule has 4 heteroatoms. The number of hydrogen-bond donors (Lipinski definition) is 0. The highest BCUT2D eigenvalue weighted by molar-refractivity contribution is 5.81. The van der Waals surface area contributed by atoms with Crippen molar-refractivity contribution in [2.24, 2.45) is 0 Å². The second-order valence-electron chi connectivity index (χ2n) is 4.61. The molecule has 2 aromatic heterocycles. The van der Waals surface area contributed by atoms with E-state index < -0.39 is 0 Å². The minimum absolute atomic E-state index is 0.604. The molecule has 1 aromatic carbocycles. The van der Waals surface area contributed by atoms with Crippen molar-refractivity contribution in [2.75, 3.05) is 7.11 Å². The van der Waals surface area contributed by atoms with Crippen molar-refractivity contribution in [3.05, 3.63) is 47.8 Å². The Hall–Kier alpha value is -2.36. The smallest absolute Gasteiger partial charge is 0.213 e. The van der Waals surface area contributed by atoms with Crippen LogP contribution in [0.4, 0.5) is 0 Å². The van der Waals surface area contributed by atoms with E-state index in [2.05, 4.69) is 36.1 Å². The Kier molecular flexibility index (Phi) is 2.71. The molecule has 0 atom stereocenters. The minimum atomic E-state index is 0.604. The van der Waals surface area contributed by atoms with Gasteiger partial charge in [-0.2, -0.15) is 5.10 Å². The number of hydrogen-bond acceptors (Lipinski definition) is 3. The molecule has 3 aromatic rings. The molecule has 0 unspecified atom stereocenters. The Labute approximate surface area is 111 Å². The van der Waals surface area contributed by atoms with Crippen molar-refractivity contribution in [1.29, 1.82) is 0 Å². The van der Waals surface area contributed by atoms with Gasteiger partial charge in [0.1, 0.15) is 0 Å². The molecule has 0 saturated heterocycles. The molecular formula is C15H15N3O. The summed E-state index contributed by atoms with van der Waals surface area (Å²) in [6.07, 6.45) is 3.65. The number of methoxy groups -OCH3 is 1. The summed E-state index contributed by atoms with van der Waals surface area (Å²) in [7, 11) is 1.61. The number of ether oxygens (including phenoxy) is 1. The lowest BCUT2D eigenvalue weighted by Crippen LogP contribution is -1.98. The standard InChI is InChI=1S/C15H15N3O/c1-10-6-12-8-17-18(14(12)7-11(10)2)13-4-5-15(19-3)16-9-13/h4-9H,1-3H3. The maximum Gasteiger partial charge on any atom is 0.213 e. The second kappa shape index (κ2) is 4.39. The quantitative estimate of drug-likeness (QED) is 0.704. The van der Waals surface area contributed by atoms with Crippen molar-refractivity contribution >= 4 is 10.9 Å². The third-order valence-electron chi connectivity index (χ3n) is 3.36. The first-order valence-corrected chi connectivity index (χ1v) is 6.14. The first-order chi connectivity index (χ1) is 9.19. The highest BCUT2D eigenvalue weighted by Crippen LogP contribution is 2.22. The molecule has 0 fully saturated rings. The summed E-state index contributed by atoms with van der Waals surface area (Å²) in [5.74, 6) is 0.604. The molecule has 0 saturated carbocycles. The van der Waals surface area contributed by atoms with Crippen LogP contribution in [0.15, 0.2) is 36.7 Å². The van der Waals surface area contributed by atoms with Crippen molar-refractivity contribution in [3.63, 3.8) is 0 Å². The zero-order valence-electron chi connectivity index (χ0n) is 11.2. The van der Waals surface area contributed by atoms with Gasteiger partial charge in [0.2, 0.25) is 5.88 Å². The minimum Gasteiger partial charge on any atom is -0.481 e. The molecule has 0 aliphatic rings. The van der Waals surface area contributed by atoms with E-state index in [0.717, 1.165) is 16.6 Å². The van der Waals surface area contributed by atoms with Crippen LogP contribution in [0.5, 0.6) is 5.88 Å². The third-order valence-corrected chi connectivity index (χ3v) is 3.36. The van der Waals surface area contributed by atoms with E-state index >= 15 is 0 Å². The molecule has 19 heavy (non-hydrogen) atoms. The van der Waals surface area contributed by atoms with E-state index in [4.69, 9.17) is 4.74 Å². The molecule has 0 aliphatic carbocycles. The fourth-order valence-corrected chi connectivity index (χ4v) is 2.12. The monoisotopic (exact) mass is 253 g/mol. The fourth-order valence-electron chi connectivity index (χ4n) is 2.12. The van der Waals surface area contributed by atoms with Gasteiger partial charge in [-0.1, -0.05) is 0 Å². The number of nitrogens with zero attached hydrogens (tertiary/aromatic N) is 3. The second-order valence-corrected chi connectivity index (χ2v) is 4.61. The molecule has 0 amide bonds. The first kappa shape index (κ1) is 11.7. The van der Waals surface area contributed by atoms with E-state index in [1.54, 1.807) is 13.3 Å². The van der Waals surface area contributed by atoms with Crippen LogP contribution in [-0.4, -0.2) is 21.9 Å². The Morgan fingerprint density at radius 3 is 2.53 bits per heavy atom. The summed E-state index contributed by atoms with van der Waals surface area (Å²) in [5, 5.41) is 5.58. The maximum atomic E-state index is 5.07. The molecule has 3 rings (SSSR count). The van der Waals surface area contributed by atoms with E-state index in [1.165, 1.54) is 11.1 Å². The van der Waals surface area contributed by atoms with E-state index in [1.807, 2.05) is 23.0 Å². The highest BCUT2D eigenvalue weighted by atomic mass is 16.5. The van der Waals surface area contributed by atoms with Crippen molar-refractivity contribution < 1.29 is 4.74 Å². The average Bonchev–Trinajstić information content (AvgIpc) is 2.82. The molecule has 0 radical (unpaired) electrons. The predicted molar refractivity (Wildman–Crippen MR) is 74.9 cm³/mol. The normalized spacial score (nSPS) is 10.9. The van der Waals surface area contributed by atoms with Crippen LogP contribution in [0.3, 0.4) is 0 Å². The molecule has 0 N–H and O–H groups in total. The number of benzene rings is 1. The maximum absolute atomic E-state index is 5.07. The van der Waals surface area contributed by atoms with Gasteiger partial charge in [-0.3, -0.25) is 0 Å². The van der Waals surface area contributed by atoms with Crippen LogP contribution in [0, 0.1) is 13.8 Å². The summed E-state index contributed by atoms with van der Waals surface area (Å²) in [4.78, 5) is 4.22. The summed E-state index contributed by atoms with van der Waals surface area (Å²) in [6.45, 7) is 4.22. The number of rotatable bonds is 2. The van der Waals surface area contributed by atoms with Gasteiger partial charge in [0, 0.05) is 11.5 Å². The molecule has 4 nitrogen and oxygen atoms in total. The molecule has 0 bridgehead atoms. The number of aromatic nitrogens is 3. The van der Waals surface area contributed by atoms with Gasteiger partial charge in [0.05, 0.1) is 30.7 Å². The van der Waals surface area contributed by atoms with Crippen LogP contribution < -0.4 is 4.74 Å². The van der Waals surface area contributed by atoms with Gasteiger partial charge in [0.15, 0.2) is 0 Å². The van der Waals surface area contributed by atoms with E-state index in [-0.39, 0.29) is 0 Å². The van der Waals surface area contributed by atoms with Crippen LogP contribution in [-0.2, 0) is 0 Å². The van der Waals surface area contributed by atoms with Crippen LogP contribution in [0.25, 0.3) is 16.6 Å². The summed E-state index contributed by atoms with van der Waals surface area (Å²) < 4.78 is 6.97. The van der Waals surface area contributed by atoms with Crippen LogP contribution >= 0.6 is 0 Å². The summed E-state index contributed by atoms with van der Waals surface area (Å²) in [5.41, 5.74) is 4.56. The molecule has 2 heterocycles. The first-order valence-electron chi connectivity index (χ1n) is 6.14. The number of fused-ring (bicyclic) bond motifs is 1. The molecule has 0 spiro atoms. The van der Waals surface area contributed by atoms with Crippen molar-refractivity contribution in [1.82, 2.24) is 14.8 Å². The largest absolute Gasteiger partial charge is 0.481 e. The van der Waals surface area contributed by atoms with Gasteiger partial charge >= 0.3 is 0 Å². The third kappa shape index (κ3) is 1.95. The Bertz CT molecular complexity index is 729. The Morgan fingerprint density at radius 1 is 1.05 bits per heavy atom. The topological polar surface area (TPSA) is 39.9 Å². The Morgan fingerprint density at radius 2 is 1.84 bits per heavy atom. The lowest BCUT2D eigenvalue weighted by Gasteiger charge is -2.06. The summed E-state index contributed by atoms with van der Waals surface area (Å²) in [6, 6.07) is 8.10. The average molecular weight is 253 g/mol. The zero-order valence-corrected chi connectivity index (χ0v) is 11.2. The molecule has 0 aliphatic heterocycles. The zero-order chi connectivity index (χ0) is 13.4. The van der Waals surface area contributed by atoms with Gasteiger partial charge in [0.25, 0.3) is 0 Å². The van der Waals surface area contributed by atoms with E-state index in [9.17, 15) is 0 Å². The van der Waals surface area contributed by atoms with Gasteiger partial charge in [-0.15, -0.1) is 0 Å². The predicted octanol–water partition coefficient (Wildman–Crippen LogP) is 3.05. The Balaban J connectivity index is 2.16. The van der Waals surface area contributed by atoms with Crippen molar-refractivity contribution in [2.45, 2.75) is 13.8 Å².